The van der Waals surface area contributed by atoms with Crippen molar-refractivity contribution in [3.05, 3.63) is 63.7 Å². The van der Waals surface area contributed by atoms with Crippen LogP contribution in [0.3, 0.4) is 0 Å². The lowest BCUT2D eigenvalue weighted by molar-refractivity contribution is -0.126. The quantitative estimate of drug-likeness (QED) is 0.725. The molecule has 0 aromatic heterocycles. The van der Waals surface area contributed by atoms with Crippen LogP contribution in [0.25, 0.3) is 0 Å². The number of carbonyl (C=O) groups is 1. The Hall–Kier alpha value is -1.89. The van der Waals surface area contributed by atoms with Crippen LogP contribution < -0.4 is 5.32 Å². The Morgan fingerprint density at radius 2 is 1.63 bits per heavy atom. The molecular formula is C23H29ClN2O3S. The number of nitrogens with zero attached hydrogens (tertiary/aromatic N) is 1. The summed E-state index contributed by atoms with van der Waals surface area (Å²) < 4.78 is 27.9. The maximum Gasteiger partial charge on any atom is 0.243 e. The van der Waals surface area contributed by atoms with Gasteiger partial charge in [0.05, 0.1) is 4.90 Å². The second-order valence-electron chi connectivity index (χ2n) is 8.07. The summed E-state index contributed by atoms with van der Waals surface area (Å²) in [6, 6.07) is 11.4. The van der Waals surface area contributed by atoms with Crippen LogP contribution in [-0.2, 0) is 21.2 Å². The first-order valence-corrected chi connectivity index (χ1v) is 12.1. The third-order valence-electron chi connectivity index (χ3n) is 5.65. The molecule has 0 radical (unpaired) electrons. The largest absolute Gasteiger partial charge is 0.356 e. The Morgan fingerprint density at radius 1 is 1.07 bits per heavy atom. The van der Waals surface area contributed by atoms with E-state index in [1.807, 2.05) is 57.2 Å². The zero-order valence-corrected chi connectivity index (χ0v) is 19.3. The zero-order valence-electron chi connectivity index (χ0n) is 17.7. The van der Waals surface area contributed by atoms with Gasteiger partial charge in [0.15, 0.2) is 0 Å². The fraction of sp³-hybridized carbons (Fsp3) is 0.435. The third kappa shape index (κ3) is 5.23. The van der Waals surface area contributed by atoms with Crippen LogP contribution in [0.4, 0.5) is 0 Å². The topological polar surface area (TPSA) is 66.5 Å². The predicted molar refractivity (Wildman–Crippen MR) is 120 cm³/mol. The molecule has 1 aliphatic rings. The number of hydrogen-bond donors (Lipinski definition) is 1. The smallest absolute Gasteiger partial charge is 0.243 e. The van der Waals surface area contributed by atoms with Crippen molar-refractivity contribution in [2.75, 3.05) is 19.6 Å². The molecule has 5 nitrogen and oxygen atoms in total. The van der Waals surface area contributed by atoms with E-state index in [2.05, 4.69) is 5.32 Å². The summed E-state index contributed by atoms with van der Waals surface area (Å²) in [6.45, 7) is 6.93. The molecule has 2 aromatic carbocycles. The van der Waals surface area contributed by atoms with Crippen molar-refractivity contribution in [3.8, 4) is 0 Å². The van der Waals surface area contributed by atoms with Crippen molar-refractivity contribution in [3.63, 3.8) is 0 Å². The van der Waals surface area contributed by atoms with Gasteiger partial charge in [-0.25, -0.2) is 8.42 Å². The molecule has 2 aromatic rings. The van der Waals surface area contributed by atoms with E-state index in [1.165, 1.54) is 4.31 Å². The highest BCUT2D eigenvalue weighted by molar-refractivity contribution is 7.89. The van der Waals surface area contributed by atoms with Crippen molar-refractivity contribution in [1.82, 2.24) is 9.62 Å². The molecule has 0 atom stereocenters. The minimum atomic E-state index is -3.55. The molecule has 0 aliphatic carbocycles. The lowest BCUT2D eigenvalue weighted by Gasteiger charge is -2.31. The van der Waals surface area contributed by atoms with Gasteiger partial charge in [0.2, 0.25) is 15.9 Å². The molecule has 1 saturated heterocycles. The standard InChI is InChI=1S/C23H29ClN2O3S/c1-16-14-17(2)22(18(3)15-16)30(28,29)26-12-9-20(10-13-26)23(27)25-11-8-19-4-6-21(24)7-5-19/h4-7,14-15,20H,8-13H2,1-3H3,(H,25,27). The van der Waals surface area contributed by atoms with E-state index < -0.39 is 10.0 Å². The van der Waals surface area contributed by atoms with Gasteiger partial charge in [0.25, 0.3) is 0 Å². The van der Waals surface area contributed by atoms with Crippen LogP contribution in [-0.4, -0.2) is 38.3 Å². The molecule has 1 N–H and O–H groups in total. The van der Waals surface area contributed by atoms with Gasteiger partial charge >= 0.3 is 0 Å². The Morgan fingerprint density at radius 3 is 2.20 bits per heavy atom. The highest BCUT2D eigenvalue weighted by Gasteiger charge is 2.33. The number of rotatable bonds is 6. The van der Waals surface area contributed by atoms with Crippen LogP contribution in [0.5, 0.6) is 0 Å². The minimum absolute atomic E-state index is 0.00343. The average Bonchev–Trinajstić information content (AvgIpc) is 2.68. The molecule has 1 heterocycles. The monoisotopic (exact) mass is 448 g/mol. The molecule has 30 heavy (non-hydrogen) atoms. The van der Waals surface area contributed by atoms with E-state index in [0.717, 1.165) is 28.7 Å². The molecule has 0 bridgehead atoms. The molecule has 162 valence electrons. The number of piperidine rings is 1. The van der Waals surface area contributed by atoms with Crippen molar-refractivity contribution in [2.45, 2.75) is 44.9 Å². The molecule has 3 rings (SSSR count). The fourth-order valence-electron chi connectivity index (χ4n) is 4.19. The van der Waals surface area contributed by atoms with Crippen molar-refractivity contribution < 1.29 is 13.2 Å². The van der Waals surface area contributed by atoms with Gasteiger partial charge in [0.1, 0.15) is 0 Å². The van der Waals surface area contributed by atoms with Gasteiger partial charge in [0, 0.05) is 30.6 Å². The Labute approximate surface area is 184 Å². The minimum Gasteiger partial charge on any atom is -0.356 e. The number of hydrogen-bond acceptors (Lipinski definition) is 3. The van der Waals surface area contributed by atoms with Crippen LogP contribution >= 0.6 is 11.6 Å². The molecule has 0 spiro atoms. The molecule has 1 amide bonds. The highest BCUT2D eigenvalue weighted by atomic mass is 35.5. The van der Waals surface area contributed by atoms with E-state index in [-0.39, 0.29) is 11.8 Å². The SMILES string of the molecule is Cc1cc(C)c(S(=O)(=O)N2CCC(C(=O)NCCc3ccc(Cl)cc3)CC2)c(C)c1. The lowest BCUT2D eigenvalue weighted by Crippen LogP contribution is -2.43. The molecular weight excluding hydrogens is 420 g/mol. The summed E-state index contributed by atoms with van der Waals surface area (Å²) in [7, 11) is -3.55. The number of halogens is 1. The Bertz CT molecular complexity index is 988. The van der Waals surface area contributed by atoms with Gasteiger partial charge in [-0.05, 0) is 68.9 Å². The number of sulfonamides is 1. The zero-order chi connectivity index (χ0) is 21.9. The first-order chi connectivity index (χ1) is 14.2. The number of nitrogens with one attached hydrogen (secondary N) is 1. The summed E-state index contributed by atoms with van der Waals surface area (Å²) in [6.07, 6.45) is 1.81. The number of benzene rings is 2. The van der Waals surface area contributed by atoms with E-state index in [9.17, 15) is 13.2 Å². The van der Waals surface area contributed by atoms with E-state index in [0.29, 0.717) is 42.4 Å². The molecule has 0 saturated carbocycles. The predicted octanol–water partition coefficient (Wildman–Crippen LogP) is 4.02. The van der Waals surface area contributed by atoms with Crippen molar-refractivity contribution in [2.24, 2.45) is 5.92 Å². The number of aryl methyl sites for hydroxylation is 3. The van der Waals surface area contributed by atoms with E-state index in [4.69, 9.17) is 11.6 Å². The van der Waals surface area contributed by atoms with Gasteiger partial charge in [-0.1, -0.05) is 41.4 Å². The second-order valence-corrected chi connectivity index (χ2v) is 10.4. The maximum atomic E-state index is 13.2. The lowest BCUT2D eigenvalue weighted by atomic mass is 9.97. The number of carbonyl (C=O) groups excluding carboxylic acids is 1. The van der Waals surface area contributed by atoms with Gasteiger partial charge in [-0.15, -0.1) is 0 Å². The van der Waals surface area contributed by atoms with E-state index in [1.54, 1.807) is 0 Å². The fourth-order valence-corrected chi connectivity index (χ4v) is 6.19. The van der Waals surface area contributed by atoms with Gasteiger partial charge < -0.3 is 5.32 Å². The summed E-state index contributed by atoms with van der Waals surface area (Å²) in [5.74, 6) is -0.148. The number of amides is 1. The molecule has 0 unspecified atom stereocenters. The van der Waals surface area contributed by atoms with Gasteiger partial charge in [-0.2, -0.15) is 4.31 Å². The first-order valence-electron chi connectivity index (χ1n) is 10.3. The van der Waals surface area contributed by atoms with Crippen LogP contribution in [0, 0.1) is 26.7 Å². The highest BCUT2D eigenvalue weighted by Crippen LogP contribution is 2.28. The summed E-state index contributed by atoms with van der Waals surface area (Å²) >= 11 is 5.89. The van der Waals surface area contributed by atoms with Crippen LogP contribution in [0.2, 0.25) is 5.02 Å². The van der Waals surface area contributed by atoms with Crippen molar-refractivity contribution >= 4 is 27.5 Å². The normalized spacial score (nSPS) is 15.9. The summed E-state index contributed by atoms with van der Waals surface area (Å²) in [4.78, 5) is 12.9. The van der Waals surface area contributed by atoms with Crippen molar-refractivity contribution in [1.29, 1.82) is 0 Å². The summed E-state index contributed by atoms with van der Waals surface area (Å²) in [5, 5.41) is 3.68. The first kappa shape index (κ1) is 22.8. The summed E-state index contributed by atoms with van der Waals surface area (Å²) in [5.41, 5.74) is 3.71. The Kier molecular flexibility index (Phi) is 7.22. The molecule has 1 fully saturated rings. The third-order valence-corrected chi connectivity index (χ3v) is 8.11. The van der Waals surface area contributed by atoms with Crippen LogP contribution in [0.1, 0.15) is 35.1 Å². The molecule has 7 heteroatoms. The maximum absolute atomic E-state index is 13.2. The van der Waals surface area contributed by atoms with E-state index >= 15 is 0 Å². The van der Waals surface area contributed by atoms with Crippen LogP contribution in [0.15, 0.2) is 41.3 Å². The molecule has 1 aliphatic heterocycles. The Balaban J connectivity index is 1.55. The average molecular weight is 449 g/mol. The van der Waals surface area contributed by atoms with Gasteiger partial charge in [-0.3, -0.25) is 4.79 Å². The second kappa shape index (κ2) is 9.50.